The van der Waals surface area contributed by atoms with Crippen LogP contribution in [0.15, 0.2) is 12.1 Å². The summed E-state index contributed by atoms with van der Waals surface area (Å²) in [5.74, 6) is 2.01. The van der Waals surface area contributed by atoms with Crippen LogP contribution in [0.5, 0.6) is 0 Å². The largest absolute Gasteiger partial charge is 0.356 e. The van der Waals surface area contributed by atoms with Crippen molar-refractivity contribution in [3.63, 3.8) is 0 Å². The van der Waals surface area contributed by atoms with E-state index in [1.54, 1.807) is 0 Å². The fourth-order valence-electron chi connectivity index (χ4n) is 2.68. The molecule has 19 heavy (non-hydrogen) atoms. The SMILES string of the molecule is CCC1CCN(c2cc(CNC(C)C)cc(C)n2)C1. The van der Waals surface area contributed by atoms with Gasteiger partial charge in [-0.05, 0) is 37.0 Å². The van der Waals surface area contributed by atoms with E-state index in [-0.39, 0.29) is 0 Å². The maximum absolute atomic E-state index is 4.71. The van der Waals surface area contributed by atoms with E-state index in [4.69, 9.17) is 4.98 Å². The van der Waals surface area contributed by atoms with Gasteiger partial charge in [0, 0.05) is 31.4 Å². The van der Waals surface area contributed by atoms with E-state index in [0.29, 0.717) is 6.04 Å². The summed E-state index contributed by atoms with van der Waals surface area (Å²) in [5.41, 5.74) is 2.47. The smallest absolute Gasteiger partial charge is 0.129 e. The minimum atomic E-state index is 0.521. The van der Waals surface area contributed by atoms with Crippen LogP contribution in [0.1, 0.15) is 44.9 Å². The number of rotatable bonds is 5. The molecule has 1 saturated heterocycles. The first-order valence-electron chi connectivity index (χ1n) is 7.54. The van der Waals surface area contributed by atoms with Crippen molar-refractivity contribution in [2.45, 2.75) is 53.1 Å². The summed E-state index contributed by atoms with van der Waals surface area (Å²) < 4.78 is 0. The molecule has 1 unspecified atom stereocenters. The topological polar surface area (TPSA) is 28.2 Å². The molecule has 3 nitrogen and oxygen atoms in total. The number of anilines is 1. The second kappa shape index (κ2) is 6.38. The van der Waals surface area contributed by atoms with Gasteiger partial charge in [-0.2, -0.15) is 0 Å². The van der Waals surface area contributed by atoms with E-state index in [0.717, 1.165) is 30.5 Å². The summed E-state index contributed by atoms with van der Waals surface area (Å²) in [7, 11) is 0. The number of nitrogens with one attached hydrogen (secondary N) is 1. The van der Waals surface area contributed by atoms with Crippen molar-refractivity contribution in [2.75, 3.05) is 18.0 Å². The fraction of sp³-hybridized carbons (Fsp3) is 0.688. The van der Waals surface area contributed by atoms with Gasteiger partial charge in [0.1, 0.15) is 5.82 Å². The highest BCUT2D eigenvalue weighted by molar-refractivity contribution is 5.43. The molecule has 1 N–H and O–H groups in total. The highest BCUT2D eigenvalue weighted by Crippen LogP contribution is 2.25. The van der Waals surface area contributed by atoms with E-state index in [1.165, 1.54) is 24.9 Å². The molecule has 2 heterocycles. The lowest BCUT2D eigenvalue weighted by molar-refractivity contribution is 0.568. The number of nitrogens with zero attached hydrogens (tertiary/aromatic N) is 2. The molecule has 106 valence electrons. The third kappa shape index (κ3) is 3.93. The molecule has 1 aliphatic rings. The van der Waals surface area contributed by atoms with Crippen LogP contribution in [0, 0.1) is 12.8 Å². The molecule has 1 atom stereocenters. The summed E-state index contributed by atoms with van der Waals surface area (Å²) in [4.78, 5) is 7.15. The van der Waals surface area contributed by atoms with Crippen LogP contribution in [0.25, 0.3) is 0 Å². The van der Waals surface area contributed by atoms with Gasteiger partial charge in [-0.25, -0.2) is 4.98 Å². The molecular formula is C16H27N3. The number of aryl methyl sites for hydroxylation is 1. The zero-order valence-electron chi connectivity index (χ0n) is 12.7. The molecule has 0 amide bonds. The van der Waals surface area contributed by atoms with Gasteiger partial charge >= 0.3 is 0 Å². The number of hydrogen-bond acceptors (Lipinski definition) is 3. The molecule has 0 spiro atoms. The maximum Gasteiger partial charge on any atom is 0.129 e. The molecule has 0 aromatic carbocycles. The highest BCUT2D eigenvalue weighted by atomic mass is 15.2. The summed E-state index contributed by atoms with van der Waals surface area (Å²) in [6, 6.07) is 4.96. The Morgan fingerprint density at radius 1 is 1.42 bits per heavy atom. The standard InChI is InChI=1S/C16H27N3/c1-5-14-6-7-19(11-14)16-9-15(8-13(4)18-16)10-17-12(2)3/h8-9,12,14,17H,5-7,10-11H2,1-4H3. The molecule has 1 aromatic rings. The molecule has 2 rings (SSSR count). The Balaban J connectivity index is 2.08. The van der Waals surface area contributed by atoms with E-state index in [1.807, 2.05) is 0 Å². The van der Waals surface area contributed by atoms with Crippen molar-refractivity contribution >= 4 is 5.82 Å². The molecule has 1 aliphatic heterocycles. The summed E-state index contributed by atoms with van der Waals surface area (Å²) in [6.07, 6.45) is 2.59. The molecule has 0 aliphatic carbocycles. The Bertz CT molecular complexity index is 414. The molecule has 0 radical (unpaired) electrons. The van der Waals surface area contributed by atoms with Crippen LogP contribution >= 0.6 is 0 Å². The molecule has 0 bridgehead atoms. The normalized spacial score (nSPS) is 19.4. The molecular weight excluding hydrogens is 234 g/mol. The average molecular weight is 261 g/mol. The van der Waals surface area contributed by atoms with E-state index < -0.39 is 0 Å². The third-order valence-electron chi connectivity index (χ3n) is 3.90. The Labute approximate surface area is 117 Å². The van der Waals surface area contributed by atoms with Gasteiger partial charge in [0.25, 0.3) is 0 Å². The Morgan fingerprint density at radius 2 is 2.21 bits per heavy atom. The lowest BCUT2D eigenvalue weighted by Gasteiger charge is -2.19. The van der Waals surface area contributed by atoms with Gasteiger partial charge in [-0.1, -0.05) is 27.2 Å². The summed E-state index contributed by atoms with van der Waals surface area (Å²) in [6.45, 7) is 12.0. The first-order valence-corrected chi connectivity index (χ1v) is 7.54. The Kier molecular flexibility index (Phi) is 4.81. The van der Waals surface area contributed by atoms with Crippen molar-refractivity contribution in [2.24, 2.45) is 5.92 Å². The van der Waals surface area contributed by atoms with Gasteiger partial charge < -0.3 is 10.2 Å². The van der Waals surface area contributed by atoms with E-state index in [9.17, 15) is 0 Å². The molecule has 0 saturated carbocycles. The monoisotopic (exact) mass is 261 g/mol. The molecule has 1 aromatic heterocycles. The lowest BCUT2D eigenvalue weighted by atomic mass is 10.1. The van der Waals surface area contributed by atoms with E-state index in [2.05, 4.69) is 50.0 Å². The quantitative estimate of drug-likeness (QED) is 0.882. The Morgan fingerprint density at radius 3 is 2.84 bits per heavy atom. The Hall–Kier alpha value is -1.09. The minimum absolute atomic E-state index is 0.521. The maximum atomic E-state index is 4.71. The van der Waals surface area contributed by atoms with Gasteiger partial charge in [0.2, 0.25) is 0 Å². The van der Waals surface area contributed by atoms with Crippen molar-refractivity contribution in [3.8, 4) is 0 Å². The van der Waals surface area contributed by atoms with Crippen molar-refractivity contribution < 1.29 is 0 Å². The van der Waals surface area contributed by atoms with Crippen molar-refractivity contribution in [1.82, 2.24) is 10.3 Å². The average Bonchev–Trinajstić information content (AvgIpc) is 2.84. The number of hydrogen-bond donors (Lipinski definition) is 1. The zero-order chi connectivity index (χ0) is 13.8. The van der Waals surface area contributed by atoms with Crippen LogP contribution in [0.3, 0.4) is 0 Å². The van der Waals surface area contributed by atoms with Crippen LogP contribution in [0.2, 0.25) is 0 Å². The van der Waals surface area contributed by atoms with Crippen LogP contribution < -0.4 is 10.2 Å². The van der Waals surface area contributed by atoms with E-state index >= 15 is 0 Å². The summed E-state index contributed by atoms with van der Waals surface area (Å²) >= 11 is 0. The van der Waals surface area contributed by atoms with Crippen LogP contribution in [-0.2, 0) is 6.54 Å². The molecule has 3 heteroatoms. The van der Waals surface area contributed by atoms with Gasteiger partial charge in [-0.15, -0.1) is 0 Å². The van der Waals surface area contributed by atoms with Crippen LogP contribution in [-0.4, -0.2) is 24.1 Å². The van der Waals surface area contributed by atoms with Gasteiger partial charge in [-0.3, -0.25) is 0 Å². The van der Waals surface area contributed by atoms with Crippen molar-refractivity contribution in [3.05, 3.63) is 23.4 Å². The second-order valence-corrected chi connectivity index (χ2v) is 6.02. The summed E-state index contributed by atoms with van der Waals surface area (Å²) in [5, 5.41) is 3.48. The van der Waals surface area contributed by atoms with Gasteiger partial charge in [0.15, 0.2) is 0 Å². The number of pyridine rings is 1. The number of aromatic nitrogens is 1. The van der Waals surface area contributed by atoms with Crippen molar-refractivity contribution in [1.29, 1.82) is 0 Å². The third-order valence-corrected chi connectivity index (χ3v) is 3.90. The first kappa shape index (κ1) is 14.3. The zero-order valence-corrected chi connectivity index (χ0v) is 12.7. The predicted molar refractivity (Wildman–Crippen MR) is 81.6 cm³/mol. The predicted octanol–water partition coefficient (Wildman–Crippen LogP) is 3.12. The van der Waals surface area contributed by atoms with Crippen LogP contribution in [0.4, 0.5) is 5.82 Å². The highest BCUT2D eigenvalue weighted by Gasteiger charge is 2.22. The van der Waals surface area contributed by atoms with Gasteiger partial charge in [0.05, 0.1) is 0 Å². The first-order chi connectivity index (χ1) is 9.08. The molecule has 1 fully saturated rings. The second-order valence-electron chi connectivity index (χ2n) is 6.02. The lowest BCUT2D eigenvalue weighted by Crippen LogP contribution is -2.24. The minimum Gasteiger partial charge on any atom is -0.356 e. The fourth-order valence-corrected chi connectivity index (χ4v) is 2.68.